The Kier molecular flexibility index (Phi) is 7.60. The van der Waals surface area contributed by atoms with Gasteiger partial charge in [0, 0.05) is 46.2 Å². The van der Waals surface area contributed by atoms with Crippen LogP contribution in [0.15, 0.2) is 83.5 Å². The van der Waals surface area contributed by atoms with Crippen molar-refractivity contribution in [3.05, 3.63) is 106 Å². The summed E-state index contributed by atoms with van der Waals surface area (Å²) < 4.78 is 8.21. The van der Waals surface area contributed by atoms with Crippen LogP contribution in [0.3, 0.4) is 0 Å². The van der Waals surface area contributed by atoms with Gasteiger partial charge in [0.05, 0.1) is 17.8 Å². The molecule has 0 bridgehead atoms. The van der Waals surface area contributed by atoms with E-state index in [-0.39, 0.29) is 24.6 Å². The van der Waals surface area contributed by atoms with Gasteiger partial charge in [-0.25, -0.2) is 0 Å². The van der Waals surface area contributed by atoms with Gasteiger partial charge in [0.15, 0.2) is 5.11 Å². The van der Waals surface area contributed by atoms with Gasteiger partial charge < -0.3 is 24.8 Å². The number of carbonyl (C=O) groups excluding carboxylic acids is 1. The largest absolute Gasteiger partial charge is 0.375 e. The number of anilines is 2. The molecule has 1 amide bonds. The summed E-state index contributed by atoms with van der Waals surface area (Å²) in [5.41, 5.74) is 7.03. The molecular weight excluding hydrogens is 562 g/mol. The van der Waals surface area contributed by atoms with Gasteiger partial charge >= 0.3 is 0 Å². The van der Waals surface area contributed by atoms with E-state index in [1.807, 2.05) is 60.8 Å². The predicted molar refractivity (Wildman–Crippen MR) is 158 cm³/mol. The molecule has 4 aromatic rings. The molecule has 0 aliphatic carbocycles. The van der Waals surface area contributed by atoms with Crippen molar-refractivity contribution in [1.29, 1.82) is 0 Å². The number of methoxy groups -OCH3 is 1. The highest BCUT2D eigenvalue weighted by atomic mass is 79.9. The van der Waals surface area contributed by atoms with Crippen LogP contribution in [0.5, 0.6) is 0 Å². The van der Waals surface area contributed by atoms with E-state index in [2.05, 4.69) is 73.1 Å². The van der Waals surface area contributed by atoms with Gasteiger partial charge in [-0.05, 0) is 92.3 Å². The maximum Gasteiger partial charge on any atom is 0.250 e. The SMILES string of the molecule is COCC(=O)Nc1ccc(N2C(=S)N[C@H](c3ccccn3)[C@@H]2c2cc(C)n(-c3cccc(Br)c3)c2C)cc1. The normalized spacial score (nSPS) is 16.9. The van der Waals surface area contributed by atoms with Gasteiger partial charge in [0.1, 0.15) is 6.61 Å². The Labute approximate surface area is 236 Å². The van der Waals surface area contributed by atoms with Gasteiger partial charge in [0.2, 0.25) is 5.91 Å². The first-order valence-electron chi connectivity index (χ1n) is 12.2. The third-order valence-electron chi connectivity index (χ3n) is 6.66. The number of halogens is 1. The molecule has 0 radical (unpaired) electrons. The third kappa shape index (κ3) is 5.09. The fraction of sp³-hybridized carbons (Fsp3) is 0.207. The summed E-state index contributed by atoms with van der Waals surface area (Å²) in [4.78, 5) is 18.8. The number of thiocarbonyl (C=S) groups is 1. The lowest BCUT2D eigenvalue weighted by molar-refractivity contribution is -0.119. The fourth-order valence-electron chi connectivity index (χ4n) is 5.08. The number of aromatic nitrogens is 2. The molecule has 3 heterocycles. The van der Waals surface area contributed by atoms with Crippen molar-refractivity contribution in [3.63, 3.8) is 0 Å². The van der Waals surface area contributed by atoms with Crippen LogP contribution >= 0.6 is 28.1 Å². The summed E-state index contributed by atoms with van der Waals surface area (Å²) in [6.07, 6.45) is 1.81. The highest BCUT2D eigenvalue weighted by Crippen LogP contribution is 2.44. The van der Waals surface area contributed by atoms with E-state index in [0.29, 0.717) is 10.8 Å². The van der Waals surface area contributed by atoms with Gasteiger partial charge in [0.25, 0.3) is 0 Å². The minimum absolute atomic E-state index is 0.00329. The van der Waals surface area contributed by atoms with Gasteiger partial charge in [-0.15, -0.1) is 0 Å². The first kappa shape index (κ1) is 26.1. The Morgan fingerprint density at radius 3 is 2.55 bits per heavy atom. The van der Waals surface area contributed by atoms with Crippen molar-refractivity contribution < 1.29 is 9.53 Å². The van der Waals surface area contributed by atoms with Gasteiger partial charge in [-0.3, -0.25) is 9.78 Å². The van der Waals surface area contributed by atoms with E-state index < -0.39 is 0 Å². The maximum atomic E-state index is 12.0. The molecule has 2 N–H and O–H groups in total. The second-order valence-electron chi connectivity index (χ2n) is 9.17. The number of benzene rings is 2. The Bertz CT molecular complexity index is 1470. The first-order chi connectivity index (χ1) is 18.4. The molecule has 1 fully saturated rings. The van der Waals surface area contributed by atoms with Crippen LogP contribution in [0, 0.1) is 13.8 Å². The summed E-state index contributed by atoms with van der Waals surface area (Å²) in [6.45, 7) is 4.27. The summed E-state index contributed by atoms with van der Waals surface area (Å²) in [5, 5.41) is 6.99. The van der Waals surface area contributed by atoms with E-state index in [1.165, 1.54) is 7.11 Å². The van der Waals surface area contributed by atoms with E-state index in [4.69, 9.17) is 17.0 Å². The molecule has 0 spiro atoms. The molecular formula is C29H28BrN5O2S. The van der Waals surface area contributed by atoms with Crippen molar-refractivity contribution in [2.75, 3.05) is 23.9 Å². The smallest absolute Gasteiger partial charge is 0.250 e. The number of rotatable bonds is 7. The van der Waals surface area contributed by atoms with Gasteiger partial charge in [-0.1, -0.05) is 28.1 Å². The zero-order valence-corrected chi connectivity index (χ0v) is 23.7. The average molecular weight is 591 g/mol. The third-order valence-corrected chi connectivity index (χ3v) is 7.47. The number of hydrogen-bond donors (Lipinski definition) is 2. The van der Waals surface area contributed by atoms with Crippen molar-refractivity contribution >= 4 is 50.5 Å². The van der Waals surface area contributed by atoms with Crippen LogP contribution in [-0.2, 0) is 9.53 Å². The minimum Gasteiger partial charge on any atom is -0.375 e. The molecule has 2 aromatic heterocycles. The molecule has 7 nitrogen and oxygen atoms in total. The maximum absolute atomic E-state index is 12.0. The zero-order valence-electron chi connectivity index (χ0n) is 21.3. The fourth-order valence-corrected chi connectivity index (χ4v) is 5.82. The molecule has 1 saturated heterocycles. The Balaban J connectivity index is 1.58. The molecule has 0 saturated carbocycles. The zero-order chi connectivity index (χ0) is 26.8. The summed E-state index contributed by atoms with van der Waals surface area (Å²) in [6, 6.07) is 23.9. The van der Waals surface area contributed by atoms with Crippen molar-refractivity contribution in [2.24, 2.45) is 0 Å². The molecule has 38 heavy (non-hydrogen) atoms. The second-order valence-corrected chi connectivity index (χ2v) is 10.5. The summed E-state index contributed by atoms with van der Waals surface area (Å²) in [7, 11) is 1.50. The summed E-state index contributed by atoms with van der Waals surface area (Å²) >= 11 is 9.50. The number of pyridine rings is 1. The molecule has 1 aliphatic heterocycles. The van der Waals surface area contributed by atoms with Gasteiger partial charge in [-0.2, -0.15) is 0 Å². The number of nitrogens with zero attached hydrogens (tertiary/aromatic N) is 3. The lowest BCUT2D eigenvalue weighted by Gasteiger charge is -2.28. The number of aryl methyl sites for hydroxylation is 1. The standard InChI is InChI=1S/C29H28BrN5O2S/c1-18-15-24(19(2)34(18)23-8-6-7-20(30)16-23)28-27(25-9-4-5-14-31-25)33-29(38)35(28)22-12-10-21(11-13-22)32-26(36)17-37-3/h4-16,27-28H,17H2,1-3H3,(H,32,36)(H,33,38)/t27-,28+/m1/s1. The number of amides is 1. The average Bonchev–Trinajstić information content (AvgIpc) is 3.40. The molecule has 9 heteroatoms. The highest BCUT2D eigenvalue weighted by molar-refractivity contribution is 9.10. The molecule has 5 rings (SSSR count). The highest BCUT2D eigenvalue weighted by Gasteiger charge is 2.42. The lowest BCUT2D eigenvalue weighted by Crippen LogP contribution is -2.29. The topological polar surface area (TPSA) is 71.4 Å². The predicted octanol–water partition coefficient (Wildman–Crippen LogP) is 6.01. The van der Waals surface area contributed by atoms with Crippen LogP contribution in [0.4, 0.5) is 11.4 Å². The van der Waals surface area contributed by atoms with Crippen LogP contribution < -0.4 is 15.5 Å². The van der Waals surface area contributed by atoms with Crippen LogP contribution in [-0.4, -0.2) is 34.3 Å². The Hall–Kier alpha value is -3.53. The number of ether oxygens (including phenoxy) is 1. The number of hydrogen-bond acceptors (Lipinski definition) is 4. The van der Waals surface area contributed by atoms with E-state index in [9.17, 15) is 4.79 Å². The van der Waals surface area contributed by atoms with Crippen LogP contribution in [0.2, 0.25) is 0 Å². The number of carbonyl (C=O) groups is 1. The van der Waals surface area contributed by atoms with Crippen molar-refractivity contribution in [3.8, 4) is 5.69 Å². The van der Waals surface area contributed by atoms with Crippen molar-refractivity contribution in [1.82, 2.24) is 14.9 Å². The van der Waals surface area contributed by atoms with Crippen LogP contribution in [0.25, 0.3) is 5.69 Å². The van der Waals surface area contributed by atoms with Crippen molar-refractivity contribution in [2.45, 2.75) is 25.9 Å². The molecule has 2 atom stereocenters. The van der Waals surface area contributed by atoms with E-state index >= 15 is 0 Å². The molecule has 1 aliphatic rings. The van der Waals surface area contributed by atoms with E-state index in [1.54, 1.807) is 0 Å². The Morgan fingerprint density at radius 1 is 1.08 bits per heavy atom. The quantitative estimate of drug-likeness (QED) is 0.257. The lowest BCUT2D eigenvalue weighted by atomic mass is 9.96. The minimum atomic E-state index is -0.202. The second kappa shape index (κ2) is 11.1. The van der Waals surface area contributed by atoms with E-state index in [0.717, 1.165) is 38.5 Å². The molecule has 0 unspecified atom stereocenters. The summed E-state index contributed by atoms with van der Waals surface area (Å²) in [5.74, 6) is -0.202. The van der Waals surface area contributed by atoms with Crippen LogP contribution in [0.1, 0.15) is 34.7 Å². The molecule has 2 aromatic carbocycles. The monoisotopic (exact) mass is 589 g/mol. The number of nitrogens with one attached hydrogen (secondary N) is 2. The first-order valence-corrected chi connectivity index (χ1v) is 13.4. The molecule has 194 valence electrons. The Morgan fingerprint density at radius 2 is 1.87 bits per heavy atom.